The summed E-state index contributed by atoms with van der Waals surface area (Å²) in [4.78, 5) is 13.9. The van der Waals surface area contributed by atoms with Crippen LogP contribution in [0.3, 0.4) is 0 Å². The number of carbonyl (C=O) groups excluding carboxylic acids is 1. The Bertz CT molecular complexity index is 279. The Morgan fingerprint density at radius 1 is 1.57 bits per heavy atom. The van der Waals surface area contributed by atoms with E-state index in [1.807, 2.05) is 4.90 Å². The Kier molecular flexibility index (Phi) is 2.35. The molecule has 3 heteroatoms. The van der Waals surface area contributed by atoms with Crippen molar-refractivity contribution in [3.8, 4) is 0 Å². The number of nitrogens with two attached hydrogens (primary N) is 1. The lowest BCUT2D eigenvalue weighted by Crippen LogP contribution is -2.60. The Balaban J connectivity index is 2.01. The quantitative estimate of drug-likeness (QED) is 0.634. The molecular formula is C11H18N2O. The van der Waals surface area contributed by atoms with Gasteiger partial charge in [0.05, 0.1) is 5.54 Å². The first-order chi connectivity index (χ1) is 6.62. The molecule has 0 bridgehead atoms. The van der Waals surface area contributed by atoms with Gasteiger partial charge in [0, 0.05) is 13.1 Å². The lowest BCUT2D eigenvalue weighted by Gasteiger charge is -2.41. The van der Waals surface area contributed by atoms with E-state index in [2.05, 4.69) is 13.0 Å². The molecule has 1 saturated carbocycles. The van der Waals surface area contributed by atoms with Crippen molar-refractivity contribution in [2.24, 2.45) is 5.73 Å². The zero-order chi connectivity index (χ0) is 10.2. The van der Waals surface area contributed by atoms with Crippen LogP contribution in [0.1, 0.15) is 32.6 Å². The summed E-state index contributed by atoms with van der Waals surface area (Å²) in [7, 11) is 0. The molecule has 1 heterocycles. The molecule has 2 N–H and O–H groups in total. The predicted octanol–water partition coefficient (Wildman–Crippen LogP) is 1.05. The van der Waals surface area contributed by atoms with Crippen molar-refractivity contribution >= 4 is 5.91 Å². The Hall–Kier alpha value is -0.830. The fourth-order valence-corrected chi connectivity index (χ4v) is 2.17. The minimum atomic E-state index is -0.516. The molecule has 0 aromatic carbocycles. The number of rotatable bonds is 1. The van der Waals surface area contributed by atoms with Gasteiger partial charge in [-0.3, -0.25) is 4.79 Å². The summed E-state index contributed by atoms with van der Waals surface area (Å²) in [5, 5.41) is 0. The van der Waals surface area contributed by atoms with Crippen LogP contribution >= 0.6 is 0 Å². The Morgan fingerprint density at radius 2 is 2.29 bits per heavy atom. The fourth-order valence-electron chi connectivity index (χ4n) is 2.17. The molecule has 1 amide bonds. The molecule has 2 aliphatic rings. The maximum absolute atomic E-state index is 12.0. The number of carbonyl (C=O) groups is 1. The fraction of sp³-hybridized carbons (Fsp3) is 0.727. The van der Waals surface area contributed by atoms with E-state index in [9.17, 15) is 4.79 Å². The number of hydrogen-bond donors (Lipinski definition) is 1. The molecule has 1 aliphatic carbocycles. The zero-order valence-corrected chi connectivity index (χ0v) is 8.75. The number of amides is 1. The summed E-state index contributed by atoms with van der Waals surface area (Å²) in [6.07, 6.45) is 6.02. The third kappa shape index (κ3) is 1.57. The van der Waals surface area contributed by atoms with E-state index < -0.39 is 5.54 Å². The minimum absolute atomic E-state index is 0.163. The highest BCUT2D eigenvalue weighted by Crippen LogP contribution is 2.31. The van der Waals surface area contributed by atoms with Crippen molar-refractivity contribution in [1.82, 2.24) is 4.90 Å². The summed E-state index contributed by atoms with van der Waals surface area (Å²) in [5.41, 5.74) is 6.78. The van der Waals surface area contributed by atoms with Gasteiger partial charge in [-0.05, 0) is 32.6 Å². The van der Waals surface area contributed by atoms with Gasteiger partial charge in [0.15, 0.2) is 0 Å². The monoisotopic (exact) mass is 194 g/mol. The minimum Gasteiger partial charge on any atom is -0.337 e. The van der Waals surface area contributed by atoms with Crippen LogP contribution in [-0.4, -0.2) is 29.4 Å². The summed E-state index contributed by atoms with van der Waals surface area (Å²) < 4.78 is 0. The highest BCUT2D eigenvalue weighted by atomic mass is 16.2. The van der Waals surface area contributed by atoms with Crippen LogP contribution in [0.25, 0.3) is 0 Å². The van der Waals surface area contributed by atoms with E-state index in [1.54, 1.807) is 0 Å². The van der Waals surface area contributed by atoms with Gasteiger partial charge in [-0.15, -0.1) is 0 Å². The maximum Gasteiger partial charge on any atom is 0.242 e. The summed E-state index contributed by atoms with van der Waals surface area (Å²) in [6.45, 7) is 3.69. The van der Waals surface area contributed by atoms with Crippen LogP contribution in [0, 0.1) is 0 Å². The zero-order valence-electron chi connectivity index (χ0n) is 8.75. The highest BCUT2D eigenvalue weighted by Gasteiger charge is 2.42. The predicted molar refractivity (Wildman–Crippen MR) is 55.7 cm³/mol. The van der Waals surface area contributed by atoms with Gasteiger partial charge in [0.2, 0.25) is 5.91 Å². The largest absolute Gasteiger partial charge is 0.337 e. The van der Waals surface area contributed by atoms with Crippen molar-refractivity contribution in [2.45, 2.75) is 38.1 Å². The van der Waals surface area contributed by atoms with Gasteiger partial charge in [-0.25, -0.2) is 0 Å². The smallest absolute Gasteiger partial charge is 0.242 e. The first-order valence-electron chi connectivity index (χ1n) is 5.36. The summed E-state index contributed by atoms with van der Waals surface area (Å²) in [6, 6.07) is 0. The molecule has 0 atom stereocenters. The van der Waals surface area contributed by atoms with Gasteiger partial charge in [-0.1, -0.05) is 11.6 Å². The molecule has 1 aliphatic heterocycles. The van der Waals surface area contributed by atoms with Crippen molar-refractivity contribution < 1.29 is 4.79 Å². The van der Waals surface area contributed by atoms with Gasteiger partial charge >= 0.3 is 0 Å². The van der Waals surface area contributed by atoms with Crippen LogP contribution in [0.15, 0.2) is 11.6 Å². The van der Waals surface area contributed by atoms with E-state index in [1.165, 1.54) is 5.57 Å². The highest BCUT2D eigenvalue weighted by molar-refractivity contribution is 5.87. The average molecular weight is 194 g/mol. The standard InChI is InChI=1S/C11H18N2O/c1-9-4-2-7-13(8-9)10(14)11(12)5-3-6-11/h4H,2-3,5-8,12H2,1H3. The third-order valence-electron chi connectivity index (χ3n) is 3.29. The van der Waals surface area contributed by atoms with Gasteiger partial charge < -0.3 is 10.6 Å². The van der Waals surface area contributed by atoms with Gasteiger partial charge in [0.25, 0.3) is 0 Å². The molecule has 1 fully saturated rings. The Morgan fingerprint density at radius 3 is 2.79 bits per heavy atom. The normalized spacial score (nSPS) is 25.3. The maximum atomic E-state index is 12.0. The third-order valence-corrected chi connectivity index (χ3v) is 3.29. The molecule has 0 spiro atoms. The topological polar surface area (TPSA) is 46.3 Å². The first kappa shape index (κ1) is 9.71. The van der Waals surface area contributed by atoms with E-state index in [-0.39, 0.29) is 5.91 Å². The second kappa shape index (κ2) is 3.39. The molecule has 78 valence electrons. The summed E-state index contributed by atoms with van der Waals surface area (Å²) >= 11 is 0. The second-order valence-electron chi connectivity index (χ2n) is 4.58. The molecule has 14 heavy (non-hydrogen) atoms. The lowest BCUT2D eigenvalue weighted by atomic mass is 9.76. The van der Waals surface area contributed by atoms with Crippen LogP contribution < -0.4 is 5.73 Å². The van der Waals surface area contributed by atoms with E-state index in [0.29, 0.717) is 0 Å². The summed E-state index contributed by atoms with van der Waals surface area (Å²) in [5.74, 6) is 0.163. The molecular weight excluding hydrogens is 176 g/mol. The van der Waals surface area contributed by atoms with Crippen molar-refractivity contribution in [1.29, 1.82) is 0 Å². The molecule has 0 aromatic rings. The van der Waals surface area contributed by atoms with Crippen LogP contribution in [0.4, 0.5) is 0 Å². The molecule has 0 radical (unpaired) electrons. The van der Waals surface area contributed by atoms with Crippen LogP contribution in [-0.2, 0) is 4.79 Å². The molecule has 3 nitrogen and oxygen atoms in total. The average Bonchev–Trinajstić information content (AvgIpc) is 2.13. The van der Waals surface area contributed by atoms with Crippen molar-refractivity contribution in [3.05, 3.63) is 11.6 Å². The molecule has 0 aromatic heterocycles. The van der Waals surface area contributed by atoms with Crippen molar-refractivity contribution in [2.75, 3.05) is 13.1 Å². The van der Waals surface area contributed by atoms with E-state index in [4.69, 9.17) is 5.73 Å². The van der Waals surface area contributed by atoms with Gasteiger partial charge in [-0.2, -0.15) is 0 Å². The Labute approximate surface area is 84.9 Å². The number of hydrogen-bond acceptors (Lipinski definition) is 2. The molecule has 2 rings (SSSR count). The first-order valence-corrected chi connectivity index (χ1v) is 5.36. The van der Waals surface area contributed by atoms with E-state index in [0.717, 1.165) is 38.8 Å². The lowest BCUT2D eigenvalue weighted by molar-refractivity contribution is -0.139. The van der Waals surface area contributed by atoms with Crippen LogP contribution in [0.5, 0.6) is 0 Å². The SMILES string of the molecule is CC1=CCCN(C(=O)C2(N)CCC2)C1. The second-order valence-corrected chi connectivity index (χ2v) is 4.58. The van der Waals surface area contributed by atoms with Crippen LogP contribution in [0.2, 0.25) is 0 Å². The van der Waals surface area contributed by atoms with Gasteiger partial charge in [0.1, 0.15) is 0 Å². The molecule has 0 saturated heterocycles. The van der Waals surface area contributed by atoms with Crippen molar-refractivity contribution in [3.63, 3.8) is 0 Å². The number of nitrogens with zero attached hydrogens (tertiary/aromatic N) is 1. The van der Waals surface area contributed by atoms with E-state index >= 15 is 0 Å². The molecule has 0 unspecified atom stereocenters.